The van der Waals surface area contributed by atoms with Gasteiger partial charge < -0.3 is 9.30 Å². The average molecular weight is 575 g/mol. The van der Waals surface area contributed by atoms with Crippen LogP contribution >= 0.6 is 0 Å². The van der Waals surface area contributed by atoms with Crippen LogP contribution in [0.4, 0.5) is 22.0 Å². The Morgan fingerprint density at radius 2 is 1.71 bits per heavy atom. The molecule has 0 radical (unpaired) electrons. The van der Waals surface area contributed by atoms with Gasteiger partial charge in [0.25, 0.3) is 0 Å². The third-order valence-electron chi connectivity index (χ3n) is 7.59. The zero-order chi connectivity index (χ0) is 29.4. The summed E-state index contributed by atoms with van der Waals surface area (Å²) >= 11 is 0. The smallest absolute Gasteiger partial charge is 0.245 e. The van der Waals surface area contributed by atoms with Crippen molar-refractivity contribution in [3.63, 3.8) is 0 Å². The van der Waals surface area contributed by atoms with Crippen molar-refractivity contribution in [3.05, 3.63) is 113 Å². The van der Waals surface area contributed by atoms with Gasteiger partial charge in [-0.2, -0.15) is 5.26 Å². The van der Waals surface area contributed by atoms with E-state index in [0.29, 0.717) is 35.4 Å². The molecule has 0 N–H and O–H groups in total. The predicted octanol–water partition coefficient (Wildman–Crippen LogP) is 7.60. The standard InChI is InChI=1S/C32H23F5N4O/c33-23-3-1-5-27-30(23)40-28(41(27)18-32(11-12-32)31(36)37)15-19-8-10-22(25(35)13-19)26-4-2-6-29(39-26)42-17-21-9-7-20(16-38)14-24(21)34/h1-10,13-14,31H,11-12,15,17-18H2. The van der Waals surface area contributed by atoms with Gasteiger partial charge in [0, 0.05) is 35.6 Å². The van der Waals surface area contributed by atoms with Gasteiger partial charge in [-0.05, 0) is 60.9 Å². The number of pyridine rings is 1. The molecule has 42 heavy (non-hydrogen) atoms. The Labute approximate surface area is 237 Å². The van der Waals surface area contributed by atoms with Crippen molar-refractivity contribution in [3.8, 4) is 23.2 Å². The average Bonchev–Trinajstić information content (AvgIpc) is 3.69. The Morgan fingerprint density at radius 3 is 2.43 bits per heavy atom. The van der Waals surface area contributed by atoms with Gasteiger partial charge in [0.1, 0.15) is 29.6 Å². The summed E-state index contributed by atoms with van der Waals surface area (Å²) in [7, 11) is 0. The molecule has 0 aliphatic heterocycles. The van der Waals surface area contributed by atoms with Gasteiger partial charge in [0.15, 0.2) is 5.82 Å². The number of nitrogens with zero attached hydrogens (tertiary/aromatic N) is 4. The molecule has 0 amide bonds. The van der Waals surface area contributed by atoms with Crippen LogP contribution in [0.1, 0.15) is 35.4 Å². The largest absolute Gasteiger partial charge is 0.473 e. The Kier molecular flexibility index (Phi) is 7.11. The summed E-state index contributed by atoms with van der Waals surface area (Å²) in [5, 5.41) is 8.89. The quantitative estimate of drug-likeness (QED) is 0.170. The highest BCUT2D eigenvalue weighted by molar-refractivity contribution is 5.77. The molecule has 212 valence electrons. The first kappa shape index (κ1) is 27.4. The molecular formula is C32H23F5N4O. The van der Waals surface area contributed by atoms with E-state index in [-0.39, 0.29) is 47.7 Å². The third-order valence-corrected chi connectivity index (χ3v) is 7.59. The molecule has 0 spiro atoms. The van der Waals surface area contributed by atoms with Gasteiger partial charge in [-0.1, -0.05) is 24.3 Å². The van der Waals surface area contributed by atoms with E-state index in [1.54, 1.807) is 41.0 Å². The van der Waals surface area contributed by atoms with E-state index in [1.807, 2.05) is 6.07 Å². The fraction of sp³-hybridized carbons (Fsp3) is 0.219. The maximum Gasteiger partial charge on any atom is 0.245 e. The van der Waals surface area contributed by atoms with E-state index in [2.05, 4.69) is 9.97 Å². The molecule has 5 aromatic rings. The molecule has 0 atom stereocenters. The number of rotatable bonds is 9. The van der Waals surface area contributed by atoms with Crippen molar-refractivity contribution in [1.29, 1.82) is 5.26 Å². The lowest BCUT2D eigenvalue weighted by Crippen LogP contribution is -2.21. The maximum absolute atomic E-state index is 15.4. The molecule has 1 aliphatic rings. The summed E-state index contributed by atoms with van der Waals surface area (Å²) in [6.07, 6.45) is -1.65. The van der Waals surface area contributed by atoms with E-state index in [1.165, 1.54) is 30.3 Å². The number of hydrogen-bond donors (Lipinski definition) is 0. The second kappa shape index (κ2) is 10.9. The maximum atomic E-state index is 15.4. The number of fused-ring (bicyclic) bond motifs is 1. The number of halogens is 5. The molecule has 5 nitrogen and oxygen atoms in total. The highest BCUT2D eigenvalue weighted by Gasteiger charge is 2.51. The van der Waals surface area contributed by atoms with Crippen molar-refractivity contribution in [2.45, 2.75) is 38.8 Å². The molecule has 10 heteroatoms. The van der Waals surface area contributed by atoms with Gasteiger partial charge >= 0.3 is 0 Å². The normalized spacial score (nSPS) is 13.8. The van der Waals surface area contributed by atoms with Gasteiger partial charge in [0.05, 0.1) is 22.8 Å². The van der Waals surface area contributed by atoms with Crippen LogP contribution < -0.4 is 4.74 Å². The molecule has 1 aliphatic carbocycles. The van der Waals surface area contributed by atoms with Crippen LogP contribution in [-0.2, 0) is 19.6 Å². The van der Waals surface area contributed by atoms with Crippen molar-refractivity contribution >= 4 is 11.0 Å². The molecule has 2 heterocycles. The summed E-state index contributed by atoms with van der Waals surface area (Å²) in [6.45, 7) is -0.131. The van der Waals surface area contributed by atoms with E-state index in [0.717, 1.165) is 6.07 Å². The van der Waals surface area contributed by atoms with Crippen LogP contribution in [0.25, 0.3) is 22.3 Å². The van der Waals surface area contributed by atoms with E-state index < -0.39 is 29.3 Å². The highest BCUT2D eigenvalue weighted by atomic mass is 19.3. The Balaban J connectivity index is 1.23. The summed E-state index contributed by atoms with van der Waals surface area (Å²) in [5.74, 6) is -1.17. The van der Waals surface area contributed by atoms with E-state index >= 15 is 4.39 Å². The Bertz CT molecular complexity index is 1840. The fourth-order valence-electron chi connectivity index (χ4n) is 4.98. The van der Waals surface area contributed by atoms with Crippen molar-refractivity contribution in [2.24, 2.45) is 5.41 Å². The number of imidazole rings is 1. The Hall–Kier alpha value is -4.78. The molecule has 6 rings (SSSR count). The molecule has 0 saturated heterocycles. The first-order valence-corrected chi connectivity index (χ1v) is 13.3. The number of aromatic nitrogens is 3. The number of nitriles is 1. The van der Waals surface area contributed by atoms with Gasteiger partial charge in [0.2, 0.25) is 12.3 Å². The van der Waals surface area contributed by atoms with Gasteiger partial charge in [-0.15, -0.1) is 0 Å². The molecule has 1 fully saturated rings. The molecule has 3 aromatic carbocycles. The zero-order valence-corrected chi connectivity index (χ0v) is 22.1. The van der Waals surface area contributed by atoms with Crippen molar-refractivity contribution in [1.82, 2.24) is 14.5 Å². The van der Waals surface area contributed by atoms with Gasteiger partial charge in [-0.3, -0.25) is 0 Å². The van der Waals surface area contributed by atoms with E-state index in [9.17, 15) is 17.6 Å². The minimum Gasteiger partial charge on any atom is -0.473 e. The Morgan fingerprint density at radius 1 is 0.905 bits per heavy atom. The lowest BCUT2D eigenvalue weighted by Gasteiger charge is -2.18. The summed E-state index contributed by atoms with van der Waals surface area (Å²) in [6, 6.07) is 19.7. The second-order valence-electron chi connectivity index (χ2n) is 10.4. The molecule has 2 aromatic heterocycles. The van der Waals surface area contributed by atoms with E-state index in [4.69, 9.17) is 10.00 Å². The lowest BCUT2D eigenvalue weighted by atomic mass is 10.0. The first-order valence-electron chi connectivity index (χ1n) is 13.3. The summed E-state index contributed by atoms with van der Waals surface area (Å²) < 4.78 is 78.9. The number of alkyl halides is 2. The molecule has 1 saturated carbocycles. The zero-order valence-electron chi connectivity index (χ0n) is 22.1. The number of ether oxygens (including phenoxy) is 1. The van der Waals surface area contributed by atoms with Crippen molar-refractivity contribution < 1.29 is 26.7 Å². The van der Waals surface area contributed by atoms with Crippen LogP contribution in [0.5, 0.6) is 5.88 Å². The fourth-order valence-corrected chi connectivity index (χ4v) is 4.98. The topological polar surface area (TPSA) is 63.7 Å². The predicted molar refractivity (Wildman–Crippen MR) is 145 cm³/mol. The lowest BCUT2D eigenvalue weighted by molar-refractivity contribution is 0.0514. The van der Waals surface area contributed by atoms with Crippen molar-refractivity contribution in [2.75, 3.05) is 0 Å². The number of hydrogen-bond acceptors (Lipinski definition) is 4. The second-order valence-corrected chi connectivity index (χ2v) is 10.4. The van der Waals surface area contributed by atoms with Crippen LogP contribution in [0.3, 0.4) is 0 Å². The van der Waals surface area contributed by atoms with Crippen LogP contribution in [-0.4, -0.2) is 21.0 Å². The summed E-state index contributed by atoms with van der Waals surface area (Å²) in [4.78, 5) is 8.76. The third kappa shape index (κ3) is 5.30. The minimum atomic E-state index is -2.51. The SMILES string of the molecule is N#Cc1ccc(COc2cccc(-c3ccc(Cc4nc5c(F)cccc5n4CC4(C(F)F)CC4)cc3F)n2)c(F)c1. The molecule has 0 unspecified atom stereocenters. The molecule has 0 bridgehead atoms. The van der Waals surface area contributed by atoms with Crippen LogP contribution in [0, 0.1) is 34.2 Å². The van der Waals surface area contributed by atoms with Crippen LogP contribution in [0.15, 0.2) is 72.8 Å². The molecular weight excluding hydrogens is 551 g/mol. The number of benzene rings is 3. The highest BCUT2D eigenvalue weighted by Crippen LogP contribution is 2.52. The monoisotopic (exact) mass is 574 g/mol. The minimum absolute atomic E-state index is 0.00357. The summed E-state index contributed by atoms with van der Waals surface area (Å²) in [5.41, 5.74) is 0.811. The first-order chi connectivity index (χ1) is 20.3. The van der Waals surface area contributed by atoms with Gasteiger partial charge in [-0.25, -0.2) is 31.9 Å². The number of para-hydroxylation sites is 1. The van der Waals surface area contributed by atoms with Crippen LogP contribution in [0.2, 0.25) is 0 Å².